The van der Waals surface area contributed by atoms with Crippen molar-refractivity contribution in [3.63, 3.8) is 0 Å². The van der Waals surface area contributed by atoms with Gasteiger partial charge in [0.1, 0.15) is 5.69 Å². The summed E-state index contributed by atoms with van der Waals surface area (Å²) in [6.45, 7) is 2.06. The molecule has 2 aromatic rings. The molecule has 0 spiro atoms. The molecule has 2 N–H and O–H groups in total. The van der Waals surface area contributed by atoms with Crippen LogP contribution in [0, 0.1) is 0 Å². The molecule has 0 atom stereocenters. The molecule has 0 aromatic carbocycles. The number of carbonyl (C=O) groups excluding carboxylic acids is 2. The molecule has 4 nitrogen and oxygen atoms in total. The molecule has 0 saturated carbocycles. The Labute approximate surface area is 109 Å². The Morgan fingerprint density at radius 2 is 2.28 bits per heavy atom. The van der Waals surface area contributed by atoms with E-state index in [0.29, 0.717) is 17.8 Å². The van der Waals surface area contributed by atoms with Gasteiger partial charge in [0.05, 0.1) is 0 Å². The summed E-state index contributed by atoms with van der Waals surface area (Å²) >= 11 is 1.67. The first kappa shape index (κ1) is 12.6. The van der Waals surface area contributed by atoms with E-state index in [1.54, 1.807) is 23.6 Å². The molecule has 94 valence electrons. The van der Waals surface area contributed by atoms with Crippen molar-refractivity contribution < 1.29 is 9.59 Å². The van der Waals surface area contributed by atoms with Crippen molar-refractivity contribution >= 4 is 23.0 Å². The maximum atomic E-state index is 11.8. The first-order valence-electron chi connectivity index (χ1n) is 5.67. The molecule has 0 unspecified atom stereocenters. The first-order chi connectivity index (χ1) is 8.66. The lowest BCUT2D eigenvalue weighted by Crippen LogP contribution is -2.25. The van der Waals surface area contributed by atoms with Crippen LogP contribution in [0.2, 0.25) is 0 Å². The molecule has 0 aliphatic rings. The zero-order valence-corrected chi connectivity index (χ0v) is 10.8. The standard InChI is InChI=1S/C13H14N2O2S/c1-9(16)10-7-12(15-8-10)13(17)14-5-4-11-3-2-6-18-11/h2-3,6-8,15H,4-5H2,1H3,(H,14,17). The molecule has 0 aliphatic carbocycles. The summed E-state index contributed by atoms with van der Waals surface area (Å²) in [6, 6.07) is 5.61. The second-order valence-corrected chi connectivity index (χ2v) is 4.98. The molecule has 0 saturated heterocycles. The van der Waals surface area contributed by atoms with Gasteiger partial charge in [-0.15, -0.1) is 11.3 Å². The number of H-pyrrole nitrogens is 1. The van der Waals surface area contributed by atoms with Crippen LogP contribution in [0.1, 0.15) is 32.6 Å². The van der Waals surface area contributed by atoms with Crippen LogP contribution < -0.4 is 5.32 Å². The van der Waals surface area contributed by atoms with Crippen LogP contribution >= 0.6 is 11.3 Å². The lowest BCUT2D eigenvalue weighted by atomic mass is 10.2. The van der Waals surface area contributed by atoms with E-state index < -0.39 is 0 Å². The highest BCUT2D eigenvalue weighted by atomic mass is 32.1. The topological polar surface area (TPSA) is 62.0 Å². The third kappa shape index (κ3) is 3.07. The van der Waals surface area contributed by atoms with Gasteiger partial charge in [-0.3, -0.25) is 9.59 Å². The lowest BCUT2D eigenvalue weighted by molar-refractivity contribution is 0.0949. The van der Waals surface area contributed by atoms with Gasteiger partial charge in [-0.25, -0.2) is 0 Å². The van der Waals surface area contributed by atoms with E-state index in [9.17, 15) is 9.59 Å². The minimum atomic E-state index is -0.181. The average Bonchev–Trinajstić information content (AvgIpc) is 2.99. The number of nitrogens with one attached hydrogen (secondary N) is 2. The predicted molar refractivity (Wildman–Crippen MR) is 71.2 cm³/mol. The number of hydrogen-bond acceptors (Lipinski definition) is 3. The Morgan fingerprint density at radius 1 is 1.44 bits per heavy atom. The summed E-state index contributed by atoms with van der Waals surface area (Å²) in [7, 11) is 0. The van der Waals surface area contributed by atoms with Gasteiger partial charge in [-0.1, -0.05) is 6.07 Å². The average molecular weight is 262 g/mol. The second kappa shape index (κ2) is 5.64. The number of carbonyl (C=O) groups is 2. The molecule has 0 bridgehead atoms. The Kier molecular flexibility index (Phi) is 3.94. The maximum absolute atomic E-state index is 11.8. The Hall–Kier alpha value is -1.88. The van der Waals surface area contributed by atoms with Gasteiger partial charge in [0.2, 0.25) is 0 Å². The van der Waals surface area contributed by atoms with Crippen molar-refractivity contribution in [1.29, 1.82) is 0 Å². The summed E-state index contributed by atoms with van der Waals surface area (Å²) in [5.41, 5.74) is 0.949. The quantitative estimate of drug-likeness (QED) is 0.812. The van der Waals surface area contributed by atoms with Crippen molar-refractivity contribution in [3.8, 4) is 0 Å². The van der Waals surface area contributed by atoms with Crippen LogP contribution in [0.15, 0.2) is 29.8 Å². The minimum Gasteiger partial charge on any atom is -0.356 e. The first-order valence-corrected chi connectivity index (χ1v) is 6.54. The predicted octanol–water partition coefficient (Wildman–Crippen LogP) is 2.25. The highest BCUT2D eigenvalue weighted by Crippen LogP contribution is 2.08. The van der Waals surface area contributed by atoms with Gasteiger partial charge in [-0.05, 0) is 30.9 Å². The summed E-state index contributed by atoms with van der Waals surface area (Å²) < 4.78 is 0. The zero-order valence-electron chi connectivity index (χ0n) is 10.0. The zero-order chi connectivity index (χ0) is 13.0. The molecule has 5 heteroatoms. The number of amides is 1. The number of aromatic amines is 1. The number of thiophene rings is 1. The fourth-order valence-electron chi connectivity index (χ4n) is 1.58. The van der Waals surface area contributed by atoms with Gasteiger partial charge in [0.25, 0.3) is 5.91 Å². The molecule has 0 fully saturated rings. The van der Waals surface area contributed by atoms with Gasteiger partial charge >= 0.3 is 0 Å². The molecule has 18 heavy (non-hydrogen) atoms. The van der Waals surface area contributed by atoms with E-state index in [1.165, 1.54) is 11.8 Å². The fourth-order valence-corrected chi connectivity index (χ4v) is 2.29. The second-order valence-electron chi connectivity index (χ2n) is 3.94. The third-order valence-electron chi connectivity index (χ3n) is 2.57. The van der Waals surface area contributed by atoms with Gasteiger partial charge in [0.15, 0.2) is 5.78 Å². The lowest BCUT2D eigenvalue weighted by Gasteiger charge is -2.01. The Morgan fingerprint density at radius 3 is 2.89 bits per heavy atom. The van der Waals surface area contributed by atoms with E-state index in [2.05, 4.69) is 10.3 Å². The maximum Gasteiger partial charge on any atom is 0.267 e. The molecule has 0 radical (unpaired) electrons. The van der Waals surface area contributed by atoms with E-state index in [4.69, 9.17) is 0 Å². The van der Waals surface area contributed by atoms with E-state index in [-0.39, 0.29) is 11.7 Å². The number of Topliss-reactive ketones (excluding diaryl/α,β-unsaturated/α-hetero) is 1. The van der Waals surface area contributed by atoms with Crippen molar-refractivity contribution in [3.05, 3.63) is 45.9 Å². The highest BCUT2D eigenvalue weighted by molar-refractivity contribution is 7.09. The van der Waals surface area contributed by atoms with Crippen LogP contribution in [0.4, 0.5) is 0 Å². The van der Waals surface area contributed by atoms with Crippen LogP contribution in [0.25, 0.3) is 0 Å². The Bertz CT molecular complexity index is 543. The smallest absolute Gasteiger partial charge is 0.267 e. The number of ketones is 1. The van der Waals surface area contributed by atoms with Crippen LogP contribution in [0.5, 0.6) is 0 Å². The van der Waals surface area contributed by atoms with E-state index in [0.717, 1.165) is 6.42 Å². The highest BCUT2D eigenvalue weighted by Gasteiger charge is 2.09. The number of hydrogen-bond donors (Lipinski definition) is 2. The normalized spacial score (nSPS) is 10.3. The van der Waals surface area contributed by atoms with Crippen molar-refractivity contribution in [2.45, 2.75) is 13.3 Å². The molecule has 0 aliphatic heterocycles. The fraction of sp³-hybridized carbons (Fsp3) is 0.231. The van der Waals surface area contributed by atoms with E-state index in [1.807, 2.05) is 17.5 Å². The number of aromatic nitrogens is 1. The largest absolute Gasteiger partial charge is 0.356 e. The number of rotatable bonds is 5. The molecular weight excluding hydrogens is 248 g/mol. The third-order valence-corrected chi connectivity index (χ3v) is 3.51. The summed E-state index contributed by atoms with van der Waals surface area (Å²) in [5.74, 6) is -0.233. The SMILES string of the molecule is CC(=O)c1c[nH]c(C(=O)NCCc2cccs2)c1. The summed E-state index contributed by atoms with van der Waals surface area (Å²) in [5, 5.41) is 4.83. The van der Waals surface area contributed by atoms with Crippen LogP contribution in [-0.2, 0) is 6.42 Å². The molecule has 2 heterocycles. The monoisotopic (exact) mass is 262 g/mol. The summed E-state index contributed by atoms with van der Waals surface area (Å²) in [6.07, 6.45) is 2.38. The molecule has 1 amide bonds. The minimum absolute atomic E-state index is 0.0520. The van der Waals surface area contributed by atoms with Crippen LogP contribution in [-0.4, -0.2) is 23.2 Å². The van der Waals surface area contributed by atoms with Crippen LogP contribution in [0.3, 0.4) is 0 Å². The molecule has 2 rings (SSSR count). The van der Waals surface area contributed by atoms with Gasteiger partial charge in [0, 0.05) is 23.2 Å². The van der Waals surface area contributed by atoms with Crippen molar-refractivity contribution in [1.82, 2.24) is 10.3 Å². The van der Waals surface area contributed by atoms with Gasteiger partial charge in [-0.2, -0.15) is 0 Å². The molecular formula is C13H14N2O2S. The molecule has 2 aromatic heterocycles. The summed E-state index contributed by atoms with van der Waals surface area (Å²) in [4.78, 5) is 26.9. The van der Waals surface area contributed by atoms with Crippen molar-refractivity contribution in [2.75, 3.05) is 6.54 Å². The Balaban J connectivity index is 1.85. The van der Waals surface area contributed by atoms with Gasteiger partial charge < -0.3 is 10.3 Å². The van der Waals surface area contributed by atoms with E-state index >= 15 is 0 Å². The van der Waals surface area contributed by atoms with Crippen molar-refractivity contribution in [2.24, 2.45) is 0 Å².